The molecule has 0 bridgehead atoms. The highest BCUT2D eigenvalue weighted by Crippen LogP contribution is 2.28. The fourth-order valence-corrected chi connectivity index (χ4v) is 2.77. The highest BCUT2D eigenvalue weighted by atomic mass is 16.5. The quantitative estimate of drug-likeness (QED) is 0.727. The number of methoxy groups -OCH3 is 4. The molecular formula is C22H28N2O6. The summed E-state index contributed by atoms with van der Waals surface area (Å²) in [5.74, 6) is 0.848. The van der Waals surface area contributed by atoms with Gasteiger partial charge in [0.25, 0.3) is 11.8 Å². The predicted molar refractivity (Wildman–Crippen MR) is 112 cm³/mol. The maximum Gasteiger partial charge on any atom is 0.276 e. The average Bonchev–Trinajstić information content (AvgIpc) is 2.74. The highest BCUT2D eigenvalue weighted by Gasteiger charge is 2.32. The van der Waals surface area contributed by atoms with Gasteiger partial charge in [-0.1, -0.05) is 0 Å². The third-order valence-corrected chi connectivity index (χ3v) is 4.38. The first-order valence-corrected chi connectivity index (χ1v) is 9.25. The van der Waals surface area contributed by atoms with E-state index in [2.05, 4.69) is 5.43 Å². The van der Waals surface area contributed by atoms with Crippen LogP contribution in [0.5, 0.6) is 23.0 Å². The molecule has 2 aromatic carbocycles. The minimum absolute atomic E-state index is 0.266. The number of ether oxygens (including phenoxy) is 4. The molecule has 8 nitrogen and oxygen atoms in total. The van der Waals surface area contributed by atoms with Gasteiger partial charge in [0.2, 0.25) is 0 Å². The van der Waals surface area contributed by atoms with Crippen LogP contribution in [0.1, 0.15) is 41.5 Å². The molecule has 8 heteroatoms. The van der Waals surface area contributed by atoms with Crippen LogP contribution in [0.15, 0.2) is 36.4 Å². The van der Waals surface area contributed by atoms with Crippen LogP contribution in [0.4, 0.5) is 0 Å². The highest BCUT2D eigenvalue weighted by molar-refractivity contribution is 6.02. The smallest absolute Gasteiger partial charge is 0.276 e. The van der Waals surface area contributed by atoms with E-state index >= 15 is 0 Å². The zero-order valence-electron chi connectivity index (χ0n) is 18.4. The molecule has 0 heterocycles. The summed E-state index contributed by atoms with van der Waals surface area (Å²) in [6, 6.07) is 9.69. The van der Waals surface area contributed by atoms with Crippen molar-refractivity contribution in [2.75, 3.05) is 28.4 Å². The van der Waals surface area contributed by atoms with Gasteiger partial charge < -0.3 is 18.9 Å². The Kier molecular flexibility index (Phi) is 7.15. The lowest BCUT2D eigenvalue weighted by Crippen LogP contribution is -2.56. The number of rotatable bonds is 6. The van der Waals surface area contributed by atoms with Crippen LogP contribution in [0.3, 0.4) is 0 Å². The maximum absolute atomic E-state index is 13.3. The first-order valence-electron chi connectivity index (χ1n) is 9.25. The van der Waals surface area contributed by atoms with Crippen LogP contribution in [-0.2, 0) is 0 Å². The van der Waals surface area contributed by atoms with E-state index in [4.69, 9.17) is 18.9 Å². The fourth-order valence-electron chi connectivity index (χ4n) is 2.77. The van der Waals surface area contributed by atoms with Crippen LogP contribution in [0.2, 0.25) is 0 Å². The van der Waals surface area contributed by atoms with Gasteiger partial charge in [-0.15, -0.1) is 0 Å². The van der Waals surface area contributed by atoms with Crippen LogP contribution in [-0.4, -0.2) is 50.8 Å². The SMILES string of the molecule is COc1ccc(C(=O)NN(C(=O)c2ccc(OC)cc2OC)C(C)(C)C)c(OC)c1. The third-order valence-electron chi connectivity index (χ3n) is 4.38. The van der Waals surface area contributed by atoms with Crippen molar-refractivity contribution < 1.29 is 28.5 Å². The second-order valence-electron chi connectivity index (χ2n) is 7.38. The van der Waals surface area contributed by atoms with Gasteiger partial charge in [0, 0.05) is 12.1 Å². The summed E-state index contributed by atoms with van der Waals surface area (Å²) >= 11 is 0. The molecule has 2 aromatic rings. The van der Waals surface area contributed by atoms with Gasteiger partial charge in [0.15, 0.2) is 0 Å². The fraction of sp³-hybridized carbons (Fsp3) is 0.364. The summed E-state index contributed by atoms with van der Waals surface area (Å²) in [6.07, 6.45) is 0. The average molecular weight is 416 g/mol. The molecule has 0 aliphatic rings. The molecular weight excluding hydrogens is 388 g/mol. The van der Waals surface area contributed by atoms with Gasteiger partial charge in [-0.05, 0) is 45.0 Å². The molecule has 30 heavy (non-hydrogen) atoms. The van der Waals surface area contributed by atoms with Crippen molar-refractivity contribution in [3.63, 3.8) is 0 Å². The predicted octanol–water partition coefficient (Wildman–Crippen LogP) is 3.31. The molecule has 0 saturated carbocycles. The normalized spacial score (nSPS) is 10.8. The Morgan fingerprint density at radius 3 is 1.67 bits per heavy atom. The Bertz CT molecular complexity index is 920. The standard InChI is InChI=1S/C22H28N2O6/c1-22(2,3)24(21(26)17-11-9-15(28-5)13-19(17)30-7)23-20(25)16-10-8-14(27-4)12-18(16)29-6/h8-13H,1-7H3,(H,23,25). The molecule has 1 N–H and O–H groups in total. The maximum atomic E-state index is 13.3. The molecule has 0 fully saturated rings. The summed E-state index contributed by atoms with van der Waals surface area (Å²) in [6.45, 7) is 5.44. The summed E-state index contributed by atoms with van der Waals surface area (Å²) in [4.78, 5) is 26.3. The van der Waals surface area contributed by atoms with Crippen molar-refractivity contribution in [3.8, 4) is 23.0 Å². The van der Waals surface area contributed by atoms with Gasteiger partial charge in [-0.2, -0.15) is 0 Å². The second kappa shape index (κ2) is 9.39. The molecule has 0 aromatic heterocycles. The van der Waals surface area contributed by atoms with Crippen LogP contribution in [0, 0.1) is 0 Å². The van der Waals surface area contributed by atoms with Crippen molar-refractivity contribution in [1.29, 1.82) is 0 Å². The van der Waals surface area contributed by atoms with E-state index in [9.17, 15) is 9.59 Å². The van der Waals surface area contributed by atoms with E-state index in [1.165, 1.54) is 33.4 Å². The van der Waals surface area contributed by atoms with Gasteiger partial charge in [-0.25, -0.2) is 5.01 Å². The van der Waals surface area contributed by atoms with Crippen LogP contribution < -0.4 is 24.4 Å². The Labute approximate surface area is 176 Å². The van der Waals surface area contributed by atoms with Crippen molar-refractivity contribution in [2.45, 2.75) is 26.3 Å². The zero-order valence-corrected chi connectivity index (χ0v) is 18.4. The monoisotopic (exact) mass is 416 g/mol. The summed E-state index contributed by atoms with van der Waals surface area (Å²) in [7, 11) is 5.98. The molecule has 0 aliphatic heterocycles. The minimum atomic E-state index is -0.725. The molecule has 0 aliphatic carbocycles. The number of nitrogens with zero attached hydrogens (tertiary/aromatic N) is 1. The summed E-state index contributed by atoms with van der Waals surface area (Å²) < 4.78 is 21.0. The van der Waals surface area contributed by atoms with Crippen molar-refractivity contribution in [3.05, 3.63) is 47.5 Å². The number of benzene rings is 2. The number of amides is 2. The van der Waals surface area contributed by atoms with Crippen molar-refractivity contribution in [1.82, 2.24) is 10.4 Å². The molecule has 0 unspecified atom stereocenters. The van der Waals surface area contributed by atoms with E-state index in [1.807, 2.05) is 20.8 Å². The Morgan fingerprint density at radius 2 is 1.23 bits per heavy atom. The molecule has 2 rings (SSSR count). The lowest BCUT2D eigenvalue weighted by Gasteiger charge is -2.35. The van der Waals surface area contributed by atoms with Gasteiger partial charge in [0.05, 0.1) is 45.1 Å². The Hall–Kier alpha value is -3.42. The number of hydrogen-bond donors (Lipinski definition) is 1. The number of nitrogens with one attached hydrogen (secondary N) is 1. The first kappa shape index (κ1) is 22.9. The molecule has 0 spiro atoms. The van der Waals surface area contributed by atoms with E-state index in [0.29, 0.717) is 23.0 Å². The minimum Gasteiger partial charge on any atom is -0.497 e. The molecule has 0 saturated heterocycles. The van der Waals surface area contributed by atoms with Crippen LogP contribution >= 0.6 is 0 Å². The first-order chi connectivity index (χ1) is 14.2. The second-order valence-corrected chi connectivity index (χ2v) is 7.38. The Morgan fingerprint density at radius 1 is 0.767 bits per heavy atom. The van der Waals surface area contributed by atoms with Crippen molar-refractivity contribution >= 4 is 11.8 Å². The molecule has 0 atom stereocenters. The van der Waals surface area contributed by atoms with Crippen molar-refractivity contribution in [2.24, 2.45) is 0 Å². The van der Waals surface area contributed by atoms with E-state index in [-0.39, 0.29) is 11.1 Å². The lowest BCUT2D eigenvalue weighted by molar-refractivity contribution is 0.0355. The molecule has 162 valence electrons. The third kappa shape index (κ3) is 4.94. The summed E-state index contributed by atoms with van der Waals surface area (Å²) in [5.41, 5.74) is 2.53. The van der Waals surface area contributed by atoms with Gasteiger partial charge in [-0.3, -0.25) is 15.0 Å². The number of carbonyl (C=O) groups is 2. The number of carbonyl (C=O) groups excluding carboxylic acids is 2. The van der Waals surface area contributed by atoms with Gasteiger partial charge >= 0.3 is 0 Å². The van der Waals surface area contributed by atoms with E-state index in [0.717, 1.165) is 0 Å². The van der Waals surface area contributed by atoms with E-state index in [1.54, 1.807) is 36.4 Å². The number of hydrazine groups is 1. The largest absolute Gasteiger partial charge is 0.497 e. The van der Waals surface area contributed by atoms with E-state index < -0.39 is 17.4 Å². The van der Waals surface area contributed by atoms with Gasteiger partial charge in [0.1, 0.15) is 23.0 Å². The number of hydrogen-bond acceptors (Lipinski definition) is 6. The summed E-state index contributed by atoms with van der Waals surface area (Å²) in [5, 5.41) is 1.27. The zero-order chi connectivity index (χ0) is 22.5. The van der Waals surface area contributed by atoms with Crippen LogP contribution in [0.25, 0.3) is 0 Å². The Balaban J connectivity index is 2.40. The molecule has 0 radical (unpaired) electrons. The lowest BCUT2D eigenvalue weighted by atomic mass is 10.1. The topological polar surface area (TPSA) is 86.3 Å². The molecule has 2 amide bonds.